The summed E-state index contributed by atoms with van der Waals surface area (Å²) in [4.78, 5) is 3.77. The zero-order valence-corrected chi connectivity index (χ0v) is 13.4. The van der Waals surface area contributed by atoms with Crippen LogP contribution in [0, 0.1) is 0 Å². The van der Waals surface area contributed by atoms with Gasteiger partial charge in [0.1, 0.15) is 0 Å². The zero-order chi connectivity index (χ0) is 13.0. The Labute approximate surface area is 123 Å². The first-order valence-corrected chi connectivity index (χ1v) is 8.89. The summed E-state index contributed by atoms with van der Waals surface area (Å²) in [7, 11) is 2.23. The third-order valence-electron chi connectivity index (χ3n) is 3.37. The number of thiophene rings is 1. The van der Waals surface area contributed by atoms with Gasteiger partial charge in [-0.1, -0.05) is 18.5 Å². The van der Waals surface area contributed by atoms with E-state index in [1.54, 1.807) is 11.3 Å². The molecule has 1 aromatic heterocycles. The molecule has 1 aliphatic heterocycles. The van der Waals surface area contributed by atoms with Crippen LogP contribution in [0.1, 0.15) is 24.3 Å². The predicted molar refractivity (Wildman–Crippen MR) is 84.1 cm³/mol. The molecule has 0 amide bonds. The summed E-state index contributed by atoms with van der Waals surface area (Å²) in [6.45, 7) is 4.43. The van der Waals surface area contributed by atoms with Crippen molar-refractivity contribution in [3.05, 3.63) is 21.3 Å². The van der Waals surface area contributed by atoms with Crippen LogP contribution in [0.5, 0.6) is 0 Å². The van der Waals surface area contributed by atoms with Crippen molar-refractivity contribution in [2.75, 3.05) is 31.6 Å². The molecule has 2 nitrogen and oxygen atoms in total. The Kier molecular flexibility index (Phi) is 5.83. The highest BCUT2D eigenvalue weighted by molar-refractivity contribution is 7.99. The van der Waals surface area contributed by atoms with E-state index >= 15 is 0 Å². The topological polar surface area (TPSA) is 15.3 Å². The van der Waals surface area contributed by atoms with Crippen LogP contribution >= 0.6 is 34.7 Å². The molecule has 2 atom stereocenters. The van der Waals surface area contributed by atoms with Crippen LogP contribution < -0.4 is 5.32 Å². The minimum atomic E-state index is 0.371. The highest BCUT2D eigenvalue weighted by atomic mass is 35.5. The lowest BCUT2D eigenvalue weighted by Gasteiger charge is -2.38. The van der Waals surface area contributed by atoms with Gasteiger partial charge in [0.25, 0.3) is 0 Å². The lowest BCUT2D eigenvalue weighted by atomic mass is 10.1. The van der Waals surface area contributed by atoms with Crippen LogP contribution in [-0.2, 0) is 0 Å². The quantitative estimate of drug-likeness (QED) is 0.896. The Morgan fingerprint density at radius 2 is 2.44 bits per heavy atom. The van der Waals surface area contributed by atoms with Crippen molar-refractivity contribution in [2.24, 2.45) is 0 Å². The van der Waals surface area contributed by atoms with Gasteiger partial charge >= 0.3 is 0 Å². The number of hydrogen-bond donors (Lipinski definition) is 1. The van der Waals surface area contributed by atoms with Gasteiger partial charge in [-0.05, 0) is 31.5 Å². The lowest BCUT2D eigenvalue weighted by Crippen LogP contribution is -2.47. The first-order chi connectivity index (χ1) is 8.74. The lowest BCUT2D eigenvalue weighted by molar-refractivity contribution is 0.217. The number of nitrogens with one attached hydrogen (secondary N) is 1. The van der Waals surface area contributed by atoms with Gasteiger partial charge in [-0.2, -0.15) is 11.8 Å². The Bertz CT molecular complexity index is 370. The second-order valence-corrected chi connectivity index (χ2v) is 7.19. The molecule has 1 N–H and O–H groups in total. The van der Waals surface area contributed by atoms with Crippen LogP contribution in [-0.4, -0.2) is 42.6 Å². The SMILES string of the molecule is CCCNC(c1sccc1Cl)C1CSCCN1C. The van der Waals surface area contributed by atoms with Gasteiger partial charge in [-0.25, -0.2) is 0 Å². The molecule has 0 aliphatic carbocycles. The largest absolute Gasteiger partial charge is 0.308 e. The molecule has 1 aliphatic rings. The molecule has 5 heteroatoms. The first-order valence-electron chi connectivity index (χ1n) is 6.48. The summed E-state index contributed by atoms with van der Waals surface area (Å²) in [5.74, 6) is 2.43. The molecule has 2 rings (SSSR count). The fourth-order valence-corrected chi connectivity index (χ4v) is 4.87. The monoisotopic (exact) mass is 304 g/mol. The fraction of sp³-hybridized carbons (Fsp3) is 0.692. The van der Waals surface area contributed by atoms with Gasteiger partial charge in [0.15, 0.2) is 0 Å². The Balaban J connectivity index is 2.16. The van der Waals surface area contributed by atoms with E-state index in [0.717, 1.165) is 18.0 Å². The molecule has 1 fully saturated rings. The van der Waals surface area contributed by atoms with Gasteiger partial charge < -0.3 is 5.32 Å². The van der Waals surface area contributed by atoms with Crippen LogP contribution in [0.2, 0.25) is 5.02 Å². The molecule has 0 spiro atoms. The Morgan fingerprint density at radius 3 is 3.06 bits per heavy atom. The molecule has 2 heterocycles. The van der Waals surface area contributed by atoms with E-state index in [2.05, 4.69) is 41.3 Å². The van der Waals surface area contributed by atoms with Crippen LogP contribution in [0.15, 0.2) is 11.4 Å². The van der Waals surface area contributed by atoms with Gasteiger partial charge in [0.2, 0.25) is 0 Å². The molecular weight excluding hydrogens is 284 g/mol. The molecule has 102 valence electrons. The molecule has 0 aromatic carbocycles. The van der Waals surface area contributed by atoms with Crippen LogP contribution in [0.3, 0.4) is 0 Å². The van der Waals surface area contributed by atoms with Crippen molar-refractivity contribution in [2.45, 2.75) is 25.4 Å². The van der Waals surface area contributed by atoms with E-state index in [-0.39, 0.29) is 0 Å². The highest BCUT2D eigenvalue weighted by Crippen LogP contribution is 2.34. The van der Waals surface area contributed by atoms with Crippen LogP contribution in [0.4, 0.5) is 0 Å². The second-order valence-electron chi connectivity index (χ2n) is 4.69. The van der Waals surface area contributed by atoms with E-state index in [1.165, 1.54) is 22.9 Å². The minimum Gasteiger partial charge on any atom is -0.308 e. The normalized spacial score (nSPS) is 23.2. The van der Waals surface area contributed by atoms with E-state index in [4.69, 9.17) is 11.6 Å². The first kappa shape index (κ1) is 14.7. The number of likely N-dealkylation sites (N-methyl/N-ethyl adjacent to an activating group) is 1. The molecule has 0 bridgehead atoms. The number of hydrogen-bond acceptors (Lipinski definition) is 4. The van der Waals surface area contributed by atoms with Crippen molar-refractivity contribution < 1.29 is 0 Å². The maximum Gasteiger partial charge on any atom is 0.0595 e. The standard InChI is InChI=1S/C13H21ClN2S2/c1-3-5-15-12(13-10(14)4-7-18-13)11-9-17-8-6-16(11)2/h4,7,11-12,15H,3,5-6,8-9H2,1-2H3. The number of nitrogens with zero attached hydrogens (tertiary/aromatic N) is 1. The van der Waals surface area contributed by atoms with Gasteiger partial charge in [-0.15, -0.1) is 11.3 Å². The van der Waals surface area contributed by atoms with Crippen molar-refractivity contribution in [3.8, 4) is 0 Å². The maximum atomic E-state index is 6.33. The average molecular weight is 305 g/mol. The summed E-state index contributed by atoms with van der Waals surface area (Å²) in [6, 6.07) is 2.93. The summed E-state index contributed by atoms with van der Waals surface area (Å²) in [5.41, 5.74) is 0. The minimum absolute atomic E-state index is 0.371. The van der Waals surface area contributed by atoms with E-state index < -0.39 is 0 Å². The molecule has 0 radical (unpaired) electrons. The van der Waals surface area contributed by atoms with Gasteiger partial charge in [0, 0.05) is 29.0 Å². The third kappa shape index (κ3) is 3.42. The predicted octanol–water partition coefficient (Wildman–Crippen LogP) is 3.49. The van der Waals surface area contributed by atoms with E-state index in [0.29, 0.717) is 12.1 Å². The molecule has 2 unspecified atom stereocenters. The number of rotatable bonds is 5. The number of halogens is 1. The van der Waals surface area contributed by atoms with Gasteiger partial charge in [0.05, 0.1) is 11.1 Å². The van der Waals surface area contributed by atoms with Crippen molar-refractivity contribution in [1.29, 1.82) is 0 Å². The molecule has 18 heavy (non-hydrogen) atoms. The molecule has 1 saturated heterocycles. The third-order valence-corrected chi connectivity index (χ3v) is 5.86. The Hall–Kier alpha value is 0.260. The van der Waals surface area contributed by atoms with Crippen molar-refractivity contribution in [1.82, 2.24) is 10.2 Å². The fourth-order valence-electron chi connectivity index (χ4n) is 2.29. The molecule has 1 aromatic rings. The highest BCUT2D eigenvalue weighted by Gasteiger charge is 2.30. The van der Waals surface area contributed by atoms with E-state index in [9.17, 15) is 0 Å². The van der Waals surface area contributed by atoms with Gasteiger partial charge in [-0.3, -0.25) is 4.90 Å². The summed E-state index contributed by atoms with van der Waals surface area (Å²) in [5, 5.41) is 6.69. The zero-order valence-electron chi connectivity index (χ0n) is 11.0. The van der Waals surface area contributed by atoms with Crippen molar-refractivity contribution in [3.63, 3.8) is 0 Å². The number of thioether (sulfide) groups is 1. The summed E-state index contributed by atoms with van der Waals surface area (Å²) in [6.07, 6.45) is 1.16. The second kappa shape index (κ2) is 7.15. The van der Waals surface area contributed by atoms with Crippen LogP contribution in [0.25, 0.3) is 0 Å². The molecular formula is C13H21ClN2S2. The van der Waals surface area contributed by atoms with E-state index in [1.807, 2.05) is 6.07 Å². The van der Waals surface area contributed by atoms with Crippen molar-refractivity contribution >= 4 is 34.7 Å². The maximum absolute atomic E-state index is 6.33. The average Bonchev–Trinajstić information content (AvgIpc) is 2.78. The summed E-state index contributed by atoms with van der Waals surface area (Å²) < 4.78 is 0. The summed E-state index contributed by atoms with van der Waals surface area (Å²) >= 11 is 10.2. The Morgan fingerprint density at radius 1 is 1.61 bits per heavy atom. The molecule has 0 saturated carbocycles. The smallest absolute Gasteiger partial charge is 0.0595 e.